The Labute approximate surface area is 229 Å². The molecule has 4 amide bonds. The molecule has 39 heavy (non-hydrogen) atoms. The molecule has 3 unspecified atom stereocenters. The van der Waals surface area contributed by atoms with Crippen molar-refractivity contribution in [3.63, 3.8) is 0 Å². The second-order valence-corrected chi connectivity index (χ2v) is 11.0. The molecule has 1 aliphatic carbocycles. The van der Waals surface area contributed by atoms with Gasteiger partial charge in [-0.1, -0.05) is 36.5 Å². The molecule has 2 saturated heterocycles. The van der Waals surface area contributed by atoms with Crippen LogP contribution >= 0.6 is 11.8 Å². The first kappa shape index (κ1) is 25.4. The van der Waals surface area contributed by atoms with Gasteiger partial charge in [0.1, 0.15) is 5.75 Å². The van der Waals surface area contributed by atoms with Gasteiger partial charge in [0.25, 0.3) is 5.91 Å². The minimum atomic E-state index is -0.367. The standard InChI is InChI=1S/C27H29N7O4S/c1-2-20(35)31-17-9-6-10-18(17)32-24(36)23-22-21-19(11-12-28-25(21)39-23)34(27(37)33-22)26-29-13-16(14-30-26)38-15-7-4-3-5-8-15/h2-5,7-8,13-14,17-19,21,25,28H,1,6,9-12H2,(H,31,35)(H,32,36)(H,33,37)/t17-,18+,19?,21?,25?/m0/s1. The number of thioether (sulfide) groups is 1. The molecule has 3 aliphatic heterocycles. The first-order valence-corrected chi connectivity index (χ1v) is 13.9. The van der Waals surface area contributed by atoms with Crippen molar-refractivity contribution in [3.8, 4) is 11.5 Å². The summed E-state index contributed by atoms with van der Waals surface area (Å²) in [6.45, 7) is 4.20. The molecule has 6 rings (SSSR count). The van der Waals surface area contributed by atoms with E-state index in [2.05, 4.69) is 37.8 Å². The molecular formula is C27H29N7O4S. The molecule has 1 saturated carbocycles. The predicted molar refractivity (Wildman–Crippen MR) is 146 cm³/mol. The number of carbonyl (C=O) groups excluding carboxylic acids is 3. The fourth-order valence-corrected chi connectivity index (χ4v) is 7.14. The Morgan fingerprint density at radius 2 is 1.82 bits per heavy atom. The fourth-order valence-electron chi connectivity index (χ4n) is 5.75. The van der Waals surface area contributed by atoms with Gasteiger partial charge in [0, 0.05) is 23.7 Å². The quantitative estimate of drug-likeness (QED) is 0.388. The number of aromatic nitrogens is 2. The van der Waals surface area contributed by atoms with Crippen LogP contribution < -0.4 is 30.9 Å². The molecule has 11 nitrogen and oxygen atoms in total. The first-order valence-electron chi connectivity index (χ1n) is 13.0. The Kier molecular flexibility index (Phi) is 6.96. The van der Waals surface area contributed by atoms with E-state index in [0.717, 1.165) is 19.3 Å². The molecule has 4 N–H and O–H groups in total. The zero-order valence-corrected chi connectivity index (χ0v) is 21.9. The molecule has 12 heteroatoms. The van der Waals surface area contributed by atoms with Crippen molar-refractivity contribution in [1.82, 2.24) is 31.2 Å². The highest BCUT2D eigenvalue weighted by Crippen LogP contribution is 2.47. The van der Waals surface area contributed by atoms with E-state index in [9.17, 15) is 14.4 Å². The van der Waals surface area contributed by atoms with Crippen LogP contribution in [0.15, 0.2) is 66.0 Å². The van der Waals surface area contributed by atoms with Crippen LogP contribution in [0.25, 0.3) is 0 Å². The van der Waals surface area contributed by atoms with Gasteiger partial charge in [-0.3, -0.25) is 14.5 Å². The third-order valence-electron chi connectivity index (χ3n) is 7.50. The Hall–Kier alpha value is -3.90. The van der Waals surface area contributed by atoms with Crippen LogP contribution in [-0.2, 0) is 9.59 Å². The van der Waals surface area contributed by atoms with E-state index < -0.39 is 0 Å². The first-order chi connectivity index (χ1) is 19.0. The number of nitrogens with one attached hydrogen (secondary N) is 4. The second kappa shape index (κ2) is 10.7. The Balaban J connectivity index is 1.20. The number of para-hydroxylation sites is 1. The number of urea groups is 1. The molecule has 4 heterocycles. The number of carbonyl (C=O) groups is 3. The van der Waals surface area contributed by atoms with E-state index in [-0.39, 0.29) is 53.2 Å². The third-order valence-corrected chi connectivity index (χ3v) is 8.86. The number of piperidine rings is 1. The van der Waals surface area contributed by atoms with E-state index in [1.165, 1.54) is 17.8 Å². The molecule has 4 aliphatic rings. The number of rotatable bonds is 7. The molecule has 2 aromatic rings. The van der Waals surface area contributed by atoms with E-state index in [1.807, 2.05) is 30.3 Å². The van der Waals surface area contributed by atoms with Gasteiger partial charge in [-0.25, -0.2) is 14.8 Å². The van der Waals surface area contributed by atoms with E-state index in [4.69, 9.17) is 4.74 Å². The van der Waals surface area contributed by atoms with Gasteiger partial charge in [-0.05, 0) is 50.4 Å². The topological polar surface area (TPSA) is 138 Å². The van der Waals surface area contributed by atoms with Gasteiger partial charge in [0.05, 0.1) is 28.7 Å². The summed E-state index contributed by atoms with van der Waals surface area (Å²) in [7, 11) is 0. The number of amides is 4. The van der Waals surface area contributed by atoms with E-state index >= 15 is 0 Å². The lowest BCUT2D eigenvalue weighted by Gasteiger charge is -2.44. The fraction of sp³-hybridized carbons (Fsp3) is 0.370. The number of anilines is 1. The number of hydrogen-bond acceptors (Lipinski definition) is 8. The van der Waals surface area contributed by atoms with Gasteiger partial charge in [0.15, 0.2) is 5.75 Å². The van der Waals surface area contributed by atoms with Crippen molar-refractivity contribution in [2.75, 3.05) is 11.4 Å². The van der Waals surface area contributed by atoms with Crippen molar-refractivity contribution in [2.45, 2.75) is 49.2 Å². The van der Waals surface area contributed by atoms with Gasteiger partial charge in [-0.15, -0.1) is 0 Å². The molecule has 0 radical (unpaired) electrons. The van der Waals surface area contributed by atoms with Crippen LogP contribution in [0.3, 0.4) is 0 Å². The molecule has 3 fully saturated rings. The zero-order valence-electron chi connectivity index (χ0n) is 21.1. The van der Waals surface area contributed by atoms with Crippen LogP contribution in [0.5, 0.6) is 11.5 Å². The largest absolute Gasteiger partial charge is 0.454 e. The summed E-state index contributed by atoms with van der Waals surface area (Å²) in [5.41, 5.74) is 0.634. The number of ether oxygens (including phenoxy) is 1. The van der Waals surface area contributed by atoms with Gasteiger partial charge in [0.2, 0.25) is 11.9 Å². The van der Waals surface area contributed by atoms with Crippen LogP contribution in [0, 0.1) is 5.92 Å². The van der Waals surface area contributed by atoms with E-state index in [1.54, 1.807) is 17.3 Å². The second-order valence-electron chi connectivity index (χ2n) is 9.88. The van der Waals surface area contributed by atoms with Crippen LogP contribution in [0.1, 0.15) is 25.7 Å². The molecule has 5 atom stereocenters. The van der Waals surface area contributed by atoms with Crippen molar-refractivity contribution in [2.24, 2.45) is 5.92 Å². The molecule has 202 valence electrons. The lowest BCUT2D eigenvalue weighted by Crippen LogP contribution is -2.62. The summed E-state index contributed by atoms with van der Waals surface area (Å²) in [5.74, 6) is 0.815. The maximum atomic E-state index is 13.4. The van der Waals surface area contributed by atoms with Crippen LogP contribution in [-0.4, -0.2) is 57.9 Å². The average molecular weight is 548 g/mol. The summed E-state index contributed by atoms with van der Waals surface area (Å²) in [4.78, 5) is 49.6. The van der Waals surface area contributed by atoms with Gasteiger partial charge < -0.3 is 26.0 Å². The molecule has 0 bridgehead atoms. The number of hydrogen-bond donors (Lipinski definition) is 4. The summed E-state index contributed by atoms with van der Waals surface area (Å²) in [6.07, 6.45) is 7.51. The van der Waals surface area contributed by atoms with E-state index in [0.29, 0.717) is 35.1 Å². The zero-order chi connectivity index (χ0) is 26.9. The smallest absolute Gasteiger partial charge is 0.328 e. The Bertz CT molecular complexity index is 1320. The molecule has 1 aromatic heterocycles. The average Bonchev–Trinajstić information content (AvgIpc) is 3.54. The predicted octanol–water partition coefficient (Wildman–Crippen LogP) is 2.40. The van der Waals surface area contributed by atoms with Gasteiger partial charge in [-0.2, -0.15) is 0 Å². The maximum Gasteiger partial charge on any atom is 0.328 e. The van der Waals surface area contributed by atoms with Crippen molar-refractivity contribution in [3.05, 3.63) is 66.0 Å². The Morgan fingerprint density at radius 1 is 1.08 bits per heavy atom. The summed E-state index contributed by atoms with van der Waals surface area (Å²) in [5, 5.41) is 12.4. The Morgan fingerprint density at radius 3 is 2.56 bits per heavy atom. The SMILES string of the molecule is C=CC(=O)N[C@H]1CCC[C@H]1NC(=O)C1=C2NC(=O)N(c3ncc(Oc4ccccc4)cn3)C3CCNC(S1)C23. The number of benzene rings is 1. The lowest BCUT2D eigenvalue weighted by atomic mass is 9.87. The van der Waals surface area contributed by atoms with Crippen molar-refractivity contribution in [1.29, 1.82) is 0 Å². The molecular weight excluding hydrogens is 518 g/mol. The highest BCUT2D eigenvalue weighted by molar-refractivity contribution is 8.04. The summed E-state index contributed by atoms with van der Waals surface area (Å²) < 4.78 is 5.79. The van der Waals surface area contributed by atoms with Crippen molar-refractivity contribution >= 4 is 35.6 Å². The van der Waals surface area contributed by atoms with Crippen LogP contribution in [0.4, 0.5) is 10.7 Å². The highest BCUT2D eigenvalue weighted by Gasteiger charge is 2.52. The summed E-state index contributed by atoms with van der Waals surface area (Å²) >= 11 is 1.44. The van der Waals surface area contributed by atoms with Crippen molar-refractivity contribution < 1.29 is 19.1 Å². The lowest BCUT2D eigenvalue weighted by molar-refractivity contribution is -0.119. The molecule has 1 aromatic carbocycles. The highest BCUT2D eigenvalue weighted by atomic mass is 32.2. The van der Waals surface area contributed by atoms with Crippen LogP contribution in [0.2, 0.25) is 0 Å². The minimum absolute atomic E-state index is 0.0665. The normalized spacial score (nSPS) is 27.4. The van der Waals surface area contributed by atoms with Gasteiger partial charge >= 0.3 is 6.03 Å². The monoisotopic (exact) mass is 547 g/mol. The molecule has 0 spiro atoms. The third kappa shape index (κ3) is 4.97. The minimum Gasteiger partial charge on any atom is -0.454 e. The summed E-state index contributed by atoms with van der Waals surface area (Å²) in [6, 6.07) is 8.44. The number of nitrogens with zero attached hydrogens (tertiary/aromatic N) is 3. The maximum absolute atomic E-state index is 13.4.